The van der Waals surface area contributed by atoms with Crippen LogP contribution >= 0.6 is 11.6 Å². The van der Waals surface area contributed by atoms with Crippen LogP contribution in [0.3, 0.4) is 0 Å². The van der Waals surface area contributed by atoms with Gasteiger partial charge in [-0.25, -0.2) is 4.98 Å². The molecule has 1 aromatic heterocycles. The minimum Gasteiger partial charge on any atom is -0.236 e. The maximum atomic E-state index is 6.16. The van der Waals surface area contributed by atoms with Crippen LogP contribution < -0.4 is 0 Å². The molecule has 0 spiro atoms. The molecule has 0 saturated heterocycles. The molecule has 0 aliphatic carbocycles. The Morgan fingerprint density at radius 2 is 1.75 bits per heavy atom. The molecule has 0 saturated carbocycles. The number of aromatic nitrogens is 1. The van der Waals surface area contributed by atoms with Gasteiger partial charge in [-0.1, -0.05) is 37.1 Å². The normalized spacial score (nSPS) is 11.0. The quantitative estimate of drug-likeness (QED) is 0.704. The van der Waals surface area contributed by atoms with Crippen LogP contribution in [0.15, 0.2) is 18.2 Å². The summed E-state index contributed by atoms with van der Waals surface area (Å²) in [4.78, 5) is 4.52. The first kappa shape index (κ1) is 11.4. The zero-order valence-electron chi connectivity index (χ0n) is 9.97. The molecule has 0 aliphatic rings. The highest BCUT2D eigenvalue weighted by molar-refractivity contribution is 6.30. The minimum atomic E-state index is 0.647. The number of pyridine rings is 1. The van der Waals surface area contributed by atoms with Gasteiger partial charge in [-0.05, 0) is 43.0 Å². The molecule has 0 unspecified atom stereocenters. The Kier molecular flexibility index (Phi) is 3.15. The average Bonchev–Trinajstić information content (AvgIpc) is 2.28. The highest BCUT2D eigenvalue weighted by atomic mass is 35.5. The summed E-state index contributed by atoms with van der Waals surface area (Å²) >= 11 is 6.16. The minimum absolute atomic E-state index is 0.647. The molecule has 16 heavy (non-hydrogen) atoms. The van der Waals surface area contributed by atoms with Gasteiger partial charge >= 0.3 is 0 Å². The van der Waals surface area contributed by atoms with Gasteiger partial charge in [-0.15, -0.1) is 0 Å². The first-order valence-corrected chi connectivity index (χ1v) is 6.12. The van der Waals surface area contributed by atoms with Crippen LogP contribution in [0.1, 0.15) is 30.5 Å². The third-order valence-electron chi connectivity index (χ3n) is 2.93. The smallest absolute Gasteiger partial charge is 0.132 e. The summed E-state index contributed by atoms with van der Waals surface area (Å²) in [6, 6.07) is 6.53. The summed E-state index contributed by atoms with van der Waals surface area (Å²) < 4.78 is 0. The van der Waals surface area contributed by atoms with Crippen molar-refractivity contribution in [1.82, 2.24) is 4.98 Å². The van der Waals surface area contributed by atoms with Crippen LogP contribution in [0.4, 0.5) is 0 Å². The van der Waals surface area contributed by atoms with E-state index < -0.39 is 0 Å². The summed E-state index contributed by atoms with van der Waals surface area (Å²) in [7, 11) is 0. The molecule has 1 nitrogen and oxygen atoms in total. The zero-order valence-corrected chi connectivity index (χ0v) is 10.7. The van der Waals surface area contributed by atoms with E-state index in [2.05, 4.69) is 44.0 Å². The van der Waals surface area contributed by atoms with Crippen molar-refractivity contribution in [2.24, 2.45) is 0 Å². The Hall–Kier alpha value is -1.08. The predicted molar refractivity (Wildman–Crippen MR) is 70.2 cm³/mol. The van der Waals surface area contributed by atoms with E-state index in [1.165, 1.54) is 16.5 Å². The van der Waals surface area contributed by atoms with Gasteiger partial charge in [-0.3, -0.25) is 0 Å². The summed E-state index contributed by atoms with van der Waals surface area (Å²) in [6.07, 6.45) is 1.92. The fourth-order valence-electron chi connectivity index (χ4n) is 2.06. The molecule has 2 aromatic rings. The van der Waals surface area contributed by atoms with Crippen molar-refractivity contribution in [2.45, 2.75) is 33.6 Å². The Morgan fingerprint density at radius 3 is 2.38 bits per heavy atom. The van der Waals surface area contributed by atoms with Crippen molar-refractivity contribution in [3.05, 3.63) is 40.0 Å². The molecule has 0 amide bonds. The number of halogens is 1. The van der Waals surface area contributed by atoms with Crippen molar-refractivity contribution < 1.29 is 0 Å². The Morgan fingerprint density at radius 1 is 1.06 bits per heavy atom. The van der Waals surface area contributed by atoms with Gasteiger partial charge in [0.2, 0.25) is 0 Å². The Bertz CT molecular complexity index is 532. The van der Waals surface area contributed by atoms with E-state index in [1.807, 2.05) is 0 Å². The standard InChI is InChI=1S/C14H16ClN/c1-4-10-6-9(3)7-12-8-11(5-2)14(15)16-13(10)12/h6-8H,4-5H2,1-3H3. The van der Waals surface area contributed by atoms with Crippen LogP contribution in [0.5, 0.6) is 0 Å². The van der Waals surface area contributed by atoms with Gasteiger partial charge < -0.3 is 0 Å². The van der Waals surface area contributed by atoms with Crippen molar-refractivity contribution in [3.63, 3.8) is 0 Å². The second kappa shape index (κ2) is 4.42. The SMILES string of the molecule is CCc1cc2cc(C)cc(CC)c2nc1Cl. The second-order valence-corrected chi connectivity index (χ2v) is 4.50. The molecule has 0 fully saturated rings. The van der Waals surface area contributed by atoms with Gasteiger partial charge in [-0.2, -0.15) is 0 Å². The molecular weight excluding hydrogens is 218 g/mol. The average molecular weight is 234 g/mol. The lowest BCUT2D eigenvalue weighted by Crippen LogP contribution is -1.93. The van der Waals surface area contributed by atoms with E-state index in [9.17, 15) is 0 Å². The molecule has 1 heterocycles. The third-order valence-corrected chi connectivity index (χ3v) is 3.26. The number of aryl methyl sites for hydroxylation is 3. The molecule has 84 valence electrons. The molecule has 0 bridgehead atoms. The van der Waals surface area contributed by atoms with E-state index in [0.717, 1.165) is 23.9 Å². The maximum absolute atomic E-state index is 6.16. The fourth-order valence-corrected chi connectivity index (χ4v) is 2.34. The number of rotatable bonds is 2. The maximum Gasteiger partial charge on any atom is 0.132 e. The van der Waals surface area contributed by atoms with Crippen LogP contribution in [-0.4, -0.2) is 4.98 Å². The van der Waals surface area contributed by atoms with Gasteiger partial charge in [0, 0.05) is 5.39 Å². The first-order chi connectivity index (χ1) is 7.65. The van der Waals surface area contributed by atoms with Crippen molar-refractivity contribution in [3.8, 4) is 0 Å². The lowest BCUT2D eigenvalue weighted by atomic mass is 10.0. The van der Waals surface area contributed by atoms with E-state index >= 15 is 0 Å². The van der Waals surface area contributed by atoms with Gasteiger partial charge in [0.1, 0.15) is 5.15 Å². The topological polar surface area (TPSA) is 12.9 Å². The molecule has 0 radical (unpaired) electrons. The van der Waals surface area contributed by atoms with E-state index in [1.54, 1.807) is 0 Å². The van der Waals surface area contributed by atoms with Crippen molar-refractivity contribution in [1.29, 1.82) is 0 Å². The van der Waals surface area contributed by atoms with Crippen LogP contribution in [0, 0.1) is 6.92 Å². The number of hydrogen-bond donors (Lipinski definition) is 0. The zero-order chi connectivity index (χ0) is 11.7. The number of nitrogens with zero attached hydrogens (tertiary/aromatic N) is 1. The van der Waals surface area contributed by atoms with Gasteiger partial charge in [0.25, 0.3) is 0 Å². The molecule has 0 aliphatic heterocycles. The number of benzene rings is 1. The van der Waals surface area contributed by atoms with Gasteiger partial charge in [0.05, 0.1) is 5.52 Å². The Labute approximate surface area is 101 Å². The summed E-state index contributed by atoms with van der Waals surface area (Å²) in [6.45, 7) is 6.38. The third kappa shape index (κ3) is 1.92. The predicted octanol–water partition coefficient (Wildman–Crippen LogP) is 4.32. The summed E-state index contributed by atoms with van der Waals surface area (Å²) in [5.74, 6) is 0. The molecule has 0 atom stereocenters. The lowest BCUT2D eigenvalue weighted by molar-refractivity contribution is 1.10. The van der Waals surface area contributed by atoms with E-state index in [0.29, 0.717) is 5.15 Å². The summed E-state index contributed by atoms with van der Waals surface area (Å²) in [5, 5.41) is 1.85. The molecule has 0 N–H and O–H groups in total. The largest absolute Gasteiger partial charge is 0.236 e. The number of hydrogen-bond acceptors (Lipinski definition) is 1. The lowest BCUT2D eigenvalue weighted by Gasteiger charge is -2.08. The second-order valence-electron chi connectivity index (χ2n) is 4.14. The van der Waals surface area contributed by atoms with Crippen molar-refractivity contribution in [2.75, 3.05) is 0 Å². The van der Waals surface area contributed by atoms with Gasteiger partial charge in [0.15, 0.2) is 0 Å². The van der Waals surface area contributed by atoms with Crippen LogP contribution in [0.2, 0.25) is 5.15 Å². The van der Waals surface area contributed by atoms with Crippen LogP contribution in [-0.2, 0) is 12.8 Å². The highest BCUT2D eigenvalue weighted by Gasteiger charge is 2.07. The van der Waals surface area contributed by atoms with E-state index in [-0.39, 0.29) is 0 Å². The monoisotopic (exact) mass is 233 g/mol. The number of fused-ring (bicyclic) bond motifs is 1. The Balaban J connectivity index is 2.79. The fraction of sp³-hybridized carbons (Fsp3) is 0.357. The first-order valence-electron chi connectivity index (χ1n) is 5.74. The van der Waals surface area contributed by atoms with Crippen molar-refractivity contribution >= 4 is 22.5 Å². The molecule has 2 heteroatoms. The highest BCUT2D eigenvalue weighted by Crippen LogP contribution is 2.25. The molecule has 1 aromatic carbocycles. The molecule has 2 rings (SSSR count). The molecular formula is C14H16ClN. The van der Waals surface area contributed by atoms with Crippen LogP contribution in [0.25, 0.3) is 10.9 Å². The van der Waals surface area contributed by atoms with E-state index in [4.69, 9.17) is 11.6 Å². The summed E-state index contributed by atoms with van der Waals surface area (Å²) in [5.41, 5.74) is 4.74.